The molecule has 7 heteroatoms. The number of hydrogen-bond acceptors (Lipinski definition) is 7. The van der Waals surface area contributed by atoms with Gasteiger partial charge in [0.15, 0.2) is 0 Å². The van der Waals surface area contributed by atoms with Crippen LogP contribution >= 0.6 is 11.8 Å². The van der Waals surface area contributed by atoms with Gasteiger partial charge in [-0.25, -0.2) is 19.9 Å². The molecule has 0 aromatic carbocycles. The van der Waals surface area contributed by atoms with Crippen molar-refractivity contribution in [1.29, 1.82) is 0 Å². The van der Waals surface area contributed by atoms with Gasteiger partial charge in [0.2, 0.25) is 0 Å². The fraction of sp³-hybridized carbons (Fsp3) is 0.333. The lowest BCUT2D eigenvalue weighted by molar-refractivity contribution is 1.03. The van der Waals surface area contributed by atoms with E-state index in [1.807, 2.05) is 13.8 Å². The number of nitrogen functional groups attached to an aromatic ring is 2. The van der Waals surface area contributed by atoms with Crippen LogP contribution in [0.4, 0.5) is 11.6 Å². The molecule has 2 rings (SSSR count). The second-order valence-corrected chi connectivity index (χ2v) is 5.13. The largest absolute Gasteiger partial charge is 0.383 e. The Morgan fingerprint density at radius 3 is 1.68 bits per heavy atom. The van der Waals surface area contributed by atoms with Crippen molar-refractivity contribution in [1.82, 2.24) is 19.9 Å². The van der Waals surface area contributed by atoms with E-state index in [1.54, 1.807) is 24.2 Å². The van der Waals surface area contributed by atoms with Gasteiger partial charge in [0.25, 0.3) is 0 Å². The first-order valence-corrected chi connectivity index (χ1v) is 6.95. The highest BCUT2D eigenvalue weighted by Gasteiger charge is 2.05. The standard InChI is InChI=1S/C12H16N6S/c1-7-15-3-9(11(13)17-7)5-19-6-10-4-16-8(2)18-12(10)14/h3-4H,5-6H2,1-2H3,(H2,13,15,17)(H2,14,16,18). The van der Waals surface area contributed by atoms with Crippen LogP contribution in [-0.2, 0) is 11.5 Å². The molecule has 0 radical (unpaired) electrons. The number of hydrogen-bond donors (Lipinski definition) is 2. The molecule has 0 atom stereocenters. The number of anilines is 2. The van der Waals surface area contributed by atoms with Crippen LogP contribution < -0.4 is 11.5 Å². The normalized spacial score (nSPS) is 10.6. The van der Waals surface area contributed by atoms with Gasteiger partial charge in [0.1, 0.15) is 23.3 Å². The number of rotatable bonds is 4. The first kappa shape index (κ1) is 13.5. The molecule has 0 saturated heterocycles. The van der Waals surface area contributed by atoms with Crippen LogP contribution in [0.2, 0.25) is 0 Å². The molecule has 6 nitrogen and oxygen atoms in total. The monoisotopic (exact) mass is 276 g/mol. The van der Waals surface area contributed by atoms with E-state index in [0.29, 0.717) is 23.3 Å². The second-order valence-electron chi connectivity index (χ2n) is 4.15. The van der Waals surface area contributed by atoms with E-state index >= 15 is 0 Å². The van der Waals surface area contributed by atoms with Gasteiger partial charge in [0.05, 0.1) is 0 Å². The first-order valence-electron chi connectivity index (χ1n) is 5.80. The van der Waals surface area contributed by atoms with E-state index < -0.39 is 0 Å². The Morgan fingerprint density at radius 2 is 1.32 bits per heavy atom. The molecule has 4 N–H and O–H groups in total. The fourth-order valence-electron chi connectivity index (χ4n) is 1.52. The molecule has 0 aliphatic carbocycles. The molecule has 0 fully saturated rings. The molecule has 0 unspecified atom stereocenters. The van der Waals surface area contributed by atoms with Crippen LogP contribution in [0.1, 0.15) is 22.8 Å². The third-order valence-electron chi connectivity index (χ3n) is 2.55. The number of aromatic nitrogens is 4. The molecule has 19 heavy (non-hydrogen) atoms. The average molecular weight is 276 g/mol. The Balaban J connectivity index is 1.96. The van der Waals surface area contributed by atoms with Gasteiger partial charge in [0, 0.05) is 35.0 Å². The van der Waals surface area contributed by atoms with Gasteiger partial charge >= 0.3 is 0 Å². The van der Waals surface area contributed by atoms with Crippen LogP contribution in [0, 0.1) is 13.8 Å². The predicted molar refractivity (Wildman–Crippen MR) is 77.4 cm³/mol. The van der Waals surface area contributed by atoms with Crippen molar-refractivity contribution in [3.05, 3.63) is 35.2 Å². The minimum absolute atomic E-state index is 0.535. The number of thioether (sulfide) groups is 1. The lowest BCUT2D eigenvalue weighted by Crippen LogP contribution is -2.02. The summed E-state index contributed by atoms with van der Waals surface area (Å²) in [7, 11) is 0. The van der Waals surface area contributed by atoms with Crippen molar-refractivity contribution < 1.29 is 0 Å². The number of nitrogens with zero attached hydrogens (tertiary/aromatic N) is 4. The Bertz CT molecular complexity index is 535. The summed E-state index contributed by atoms with van der Waals surface area (Å²) in [6.07, 6.45) is 3.53. The van der Waals surface area contributed by atoms with Crippen molar-refractivity contribution in [2.45, 2.75) is 25.4 Å². The molecule has 2 aromatic rings. The van der Waals surface area contributed by atoms with E-state index in [-0.39, 0.29) is 0 Å². The van der Waals surface area contributed by atoms with Gasteiger partial charge in [-0.05, 0) is 13.8 Å². The van der Waals surface area contributed by atoms with Gasteiger partial charge in [-0.1, -0.05) is 0 Å². The summed E-state index contributed by atoms with van der Waals surface area (Å²) in [6, 6.07) is 0. The van der Waals surface area contributed by atoms with Crippen molar-refractivity contribution in [3.8, 4) is 0 Å². The van der Waals surface area contributed by atoms with Gasteiger partial charge in [-0.15, -0.1) is 0 Å². The zero-order valence-electron chi connectivity index (χ0n) is 10.9. The zero-order chi connectivity index (χ0) is 13.8. The van der Waals surface area contributed by atoms with Crippen molar-refractivity contribution in [3.63, 3.8) is 0 Å². The summed E-state index contributed by atoms with van der Waals surface area (Å²) in [6.45, 7) is 3.63. The highest BCUT2D eigenvalue weighted by atomic mass is 32.2. The Kier molecular flexibility index (Phi) is 4.16. The maximum absolute atomic E-state index is 5.84. The summed E-state index contributed by atoms with van der Waals surface area (Å²) in [4.78, 5) is 16.5. The van der Waals surface area contributed by atoms with Crippen molar-refractivity contribution in [2.75, 3.05) is 11.5 Å². The maximum atomic E-state index is 5.84. The molecular weight excluding hydrogens is 260 g/mol. The Morgan fingerprint density at radius 1 is 0.895 bits per heavy atom. The molecule has 0 aliphatic heterocycles. The molecular formula is C12H16N6S. The average Bonchev–Trinajstić information content (AvgIpc) is 2.34. The highest BCUT2D eigenvalue weighted by Crippen LogP contribution is 2.22. The minimum Gasteiger partial charge on any atom is -0.383 e. The summed E-state index contributed by atoms with van der Waals surface area (Å²) in [5.74, 6) is 3.91. The highest BCUT2D eigenvalue weighted by molar-refractivity contribution is 7.97. The van der Waals surface area contributed by atoms with Gasteiger partial charge in [-0.3, -0.25) is 0 Å². The Hall–Kier alpha value is -1.89. The fourth-order valence-corrected chi connectivity index (χ4v) is 2.51. The molecule has 0 amide bonds. The number of nitrogens with two attached hydrogens (primary N) is 2. The topological polar surface area (TPSA) is 104 Å². The van der Waals surface area contributed by atoms with Crippen LogP contribution in [0.3, 0.4) is 0 Å². The SMILES string of the molecule is Cc1ncc(CSCc2cnc(C)nc2N)c(N)n1. The third-order valence-corrected chi connectivity index (χ3v) is 3.58. The number of aryl methyl sites for hydroxylation is 2. The van der Waals surface area contributed by atoms with E-state index in [0.717, 1.165) is 22.6 Å². The van der Waals surface area contributed by atoms with Crippen molar-refractivity contribution >= 4 is 23.4 Å². The molecule has 100 valence electrons. The summed E-state index contributed by atoms with van der Waals surface area (Å²) in [5.41, 5.74) is 13.5. The summed E-state index contributed by atoms with van der Waals surface area (Å²) >= 11 is 1.68. The van der Waals surface area contributed by atoms with E-state index in [1.165, 1.54) is 0 Å². The molecule has 2 heterocycles. The third kappa shape index (κ3) is 3.54. The van der Waals surface area contributed by atoms with Crippen molar-refractivity contribution in [2.24, 2.45) is 0 Å². The molecule has 2 aromatic heterocycles. The lowest BCUT2D eigenvalue weighted by Gasteiger charge is -2.06. The van der Waals surface area contributed by atoms with Gasteiger partial charge in [-0.2, -0.15) is 11.8 Å². The van der Waals surface area contributed by atoms with Crippen LogP contribution in [0.5, 0.6) is 0 Å². The quantitative estimate of drug-likeness (QED) is 0.871. The second kappa shape index (κ2) is 5.83. The molecule has 0 spiro atoms. The van der Waals surface area contributed by atoms with Crippen LogP contribution in [-0.4, -0.2) is 19.9 Å². The maximum Gasteiger partial charge on any atom is 0.131 e. The van der Waals surface area contributed by atoms with Gasteiger partial charge < -0.3 is 11.5 Å². The molecule has 0 aliphatic rings. The molecule has 0 saturated carbocycles. The minimum atomic E-state index is 0.535. The van der Waals surface area contributed by atoms with E-state index in [2.05, 4.69) is 19.9 Å². The lowest BCUT2D eigenvalue weighted by atomic mass is 10.3. The molecule has 0 bridgehead atoms. The Labute approximate surface area is 116 Å². The predicted octanol–water partition coefficient (Wildman–Crippen LogP) is 1.48. The summed E-state index contributed by atoms with van der Waals surface area (Å²) < 4.78 is 0. The first-order chi connectivity index (χ1) is 9.06. The summed E-state index contributed by atoms with van der Waals surface area (Å²) in [5, 5.41) is 0. The zero-order valence-corrected chi connectivity index (χ0v) is 11.7. The van der Waals surface area contributed by atoms with E-state index in [4.69, 9.17) is 11.5 Å². The van der Waals surface area contributed by atoms with Crippen LogP contribution in [0.15, 0.2) is 12.4 Å². The van der Waals surface area contributed by atoms with Crippen LogP contribution in [0.25, 0.3) is 0 Å². The smallest absolute Gasteiger partial charge is 0.131 e. The van der Waals surface area contributed by atoms with E-state index in [9.17, 15) is 0 Å².